The summed E-state index contributed by atoms with van der Waals surface area (Å²) in [4.78, 5) is 38.6. The van der Waals surface area contributed by atoms with Crippen molar-refractivity contribution < 1.29 is 29.3 Å². The summed E-state index contributed by atoms with van der Waals surface area (Å²) in [6, 6.07) is 15.0. The number of nitrogens with zero attached hydrogens (tertiary/aromatic N) is 1. The third-order valence-electron chi connectivity index (χ3n) is 7.11. The lowest BCUT2D eigenvalue weighted by molar-refractivity contribution is -0.138. The Morgan fingerprint density at radius 1 is 1.03 bits per heavy atom. The van der Waals surface area contributed by atoms with Crippen LogP contribution < -0.4 is 5.32 Å². The Morgan fingerprint density at radius 2 is 1.60 bits per heavy atom. The number of benzene rings is 2. The Balaban J connectivity index is 1.39. The van der Waals surface area contributed by atoms with Crippen LogP contribution in [-0.4, -0.2) is 64.9 Å². The molecular weight excluding hydrogens is 448 g/mol. The Bertz CT molecular complexity index is 1030. The second kappa shape index (κ2) is 10.9. The summed E-state index contributed by atoms with van der Waals surface area (Å²) in [5.41, 5.74) is 4.40. The van der Waals surface area contributed by atoms with E-state index in [0.717, 1.165) is 22.3 Å². The topological polar surface area (TPSA) is 116 Å². The molecule has 3 N–H and O–H groups in total. The summed E-state index contributed by atoms with van der Waals surface area (Å²) in [6.07, 6.45) is -0.109. The number of fused-ring (bicyclic) bond motifs is 3. The van der Waals surface area contributed by atoms with Crippen LogP contribution in [-0.2, 0) is 14.3 Å². The Morgan fingerprint density at radius 3 is 2.14 bits per heavy atom. The molecule has 8 heteroatoms. The minimum absolute atomic E-state index is 0.0192. The molecule has 1 saturated heterocycles. The number of hydrogen-bond donors (Lipinski definition) is 3. The number of amides is 2. The summed E-state index contributed by atoms with van der Waals surface area (Å²) < 4.78 is 5.56. The molecule has 0 radical (unpaired) electrons. The van der Waals surface area contributed by atoms with Crippen LogP contribution in [0.2, 0.25) is 0 Å². The lowest BCUT2D eigenvalue weighted by Gasteiger charge is -2.35. The van der Waals surface area contributed by atoms with Crippen LogP contribution >= 0.6 is 0 Å². The number of alkyl carbamates (subject to hydrolysis) is 1. The zero-order chi connectivity index (χ0) is 24.9. The van der Waals surface area contributed by atoms with E-state index in [4.69, 9.17) is 9.84 Å². The molecule has 0 spiro atoms. The summed E-state index contributed by atoms with van der Waals surface area (Å²) in [6.45, 7) is 2.78. The zero-order valence-electron chi connectivity index (χ0n) is 19.9. The van der Waals surface area contributed by atoms with E-state index in [0.29, 0.717) is 25.9 Å². The number of piperidine rings is 1. The fraction of sp³-hybridized carbons (Fsp3) is 0.444. The van der Waals surface area contributed by atoms with E-state index >= 15 is 0 Å². The molecule has 4 rings (SSSR count). The van der Waals surface area contributed by atoms with Gasteiger partial charge in [0, 0.05) is 25.4 Å². The van der Waals surface area contributed by atoms with Gasteiger partial charge in [-0.3, -0.25) is 9.59 Å². The molecular formula is C27H32N2O6. The molecule has 2 amide bonds. The van der Waals surface area contributed by atoms with Gasteiger partial charge in [-0.2, -0.15) is 0 Å². The average Bonchev–Trinajstić information content (AvgIpc) is 3.18. The lowest BCUT2D eigenvalue weighted by Crippen LogP contribution is -2.51. The second-order valence-electron chi connectivity index (χ2n) is 9.36. The van der Waals surface area contributed by atoms with Crippen LogP contribution in [0.15, 0.2) is 48.5 Å². The van der Waals surface area contributed by atoms with Gasteiger partial charge >= 0.3 is 12.1 Å². The first-order valence-corrected chi connectivity index (χ1v) is 12.1. The first-order valence-electron chi connectivity index (χ1n) is 12.1. The maximum absolute atomic E-state index is 13.1. The second-order valence-corrected chi connectivity index (χ2v) is 9.36. The van der Waals surface area contributed by atoms with Gasteiger partial charge < -0.3 is 25.2 Å². The van der Waals surface area contributed by atoms with Gasteiger partial charge in [-0.15, -0.1) is 0 Å². The first-order chi connectivity index (χ1) is 16.8. The zero-order valence-corrected chi connectivity index (χ0v) is 19.9. The molecule has 186 valence electrons. The quantitative estimate of drug-likeness (QED) is 0.533. The Kier molecular flexibility index (Phi) is 7.70. The summed E-state index contributed by atoms with van der Waals surface area (Å²) in [5, 5.41) is 21.5. The van der Waals surface area contributed by atoms with E-state index in [1.165, 1.54) is 0 Å². The summed E-state index contributed by atoms with van der Waals surface area (Å²) in [5.74, 6) is -1.33. The molecule has 2 aromatic carbocycles. The van der Waals surface area contributed by atoms with Gasteiger partial charge in [0.1, 0.15) is 12.6 Å². The monoisotopic (exact) mass is 480 g/mol. The highest BCUT2D eigenvalue weighted by atomic mass is 16.5. The summed E-state index contributed by atoms with van der Waals surface area (Å²) in [7, 11) is 0. The lowest BCUT2D eigenvalue weighted by atomic mass is 9.92. The molecule has 0 bridgehead atoms. The van der Waals surface area contributed by atoms with Crippen LogP contribution in [0.1, 0.15) is 49.7 Å². The Hall–Kier alpha value is -3.39. The largest absolute Gasteiger partial charge is 0.481 e. The van der Waals surface area contributed by atoms with Gasteiger partial charge in [-0.1, -0.05) is 48.5 Å². The van der Waals surface area contributed by atoms with Crippen LogP contribution in [0.25, 0.3) is 11.1 Å². The van der Waals surface area contributed by atoms with Crippen molar-refractivity contribution in [2.24, 2.45) is 5.92 Å². The third-order valence-corrected chi connectivity index (χ3v) is 7.11. The number of ether oxygens (including phenoxy) is 1. The molecule has 0 saturated carbocycles. The number of carboxylic acid groups (broad SMARTS) is 1. The van der Waals surface area contributed by atoms with E-state index in [9.17, 15) is 19.5 Å². The van der Waals surface area contributed by atoms with E-state index in [1.54, 1.807) is 11.8 Å². The number of carbonyl (C=O) groups excluding carboxylic acids is 2. The fourth-order valence-corrected chi connectivity index (χ4v) is 5.13. The van der Waals surface area contributed by atoms with Crippen LogP contribution in [0.4, 0.5) is 4.79 Å². The average molecular weight is 481 g/mol. The highest BCUT2D eigenvalue weighted by Crippen LogP contribution is 2.44. The number of hydrogen-bond acceptors (Lipinski definition) is 5. The van der Waals surface area contributed by atoms with Gasteiger partial charge in [0.25, 0.3) is 0 Å². The number of carboxylic acids is 1. The number of aliphatic hydroxyl groups is 1. The third kappa shape index (κ3) is 5.65. The molecule has 0 aromatic heterocycles. The Labute approximate surface area is 204 Å². The van der Waals surface area contributed by atoms with E-state index in [1.807, 2.05) is 36.4 Å². The van der Waals surface area contributed by atoms with Crippen molar-refractivity contribution in [3.05, 3.63) is 59.7 Å². The highest BCUT2D eigenvalue weighted by molar-refractivity contribution is 5.86. The van der Waals surface area contributed by atoms with E-state index in [-0.39, 0.29) is 37.2 Å². The maximum Gasteiger partial charge on any atom is 0.407 e. The van der Waals surface area contributed by atoms with Crippen molar-refractivity contribution in [2.45, 2.75) is 50.7 Å². The molecule has 2 aromatic rings. The fourth-order valence-electron chi connectivity index (χ4n) is 5.13. The van der Waals surface area contributed by atoms with Crippen molar-refractivity contribution in [2.75, 3.05) is 19.7 Å². The standard InChI is InChI=1S/C27H32N2O6/c1-17(30)18-12-14-29(15-13-18)26(33)24(10-11-25(31)32)28-27(34)35-16-23-21-8-4-2-6-19(21)20-7-3-5-9-22(20)23/h2-9,17-18,23-24,30H,10-16H2,1H3,(H,28,34)(H,31,32)/t17-,24?/m0/s1. The van der Waals surface area contributed by atoms with Crippen LogP contribution in [0.3, 0.4) is 0 Å². The normalized spacial score (nSPS) is 17.3. The minimum Gasteiger partial charge on any atom is -0.481 e. The first kappa shape index (κ1) is 24.7. The number of likely N-dealkylation sites (tertiary alicyclic amines) is 1. The predicted octanol–water partition coefficient (Wildman–Crippen LogP) is 3.38. The smallest absolute Gasteiger partial charge is 0.407 e. The number of aliphatic carboxylic acids is 1. The SMILES string of the molecule is C[C@H](O)C1CCN(C(=O)C(CCC(=O)O)NC(=O)OCC2c3ccccc3-c3ccccc32)CC1. The number of rotatable bonds is 8. The van der Waals surface area contributed by atoms with Crippen LogP contribution in [0.5, 0.6) is 0 Å². The number of carbonyl (C=O) groups is 3. The van der Waals surface area contributed by atoms with E-state index < -0.39 is 24.2 Å². The molecule has 1 fully saturated rings. The van der Waals surface area contributed by atoms with Gasteiger partial charge in [0.15, 0.2) is 0 Å². The molecule has 1 aliphatic heterocycles. The molecule has 1 heterocycles. The summed E-state index contributed by atoms with van der Waals surface area (Å²) >= 11 is 0. The van der Waals surface area contributed by atoms with Gasteiger partial charge in [0.05, 0.1) is 6.10 Å². The van der Waals surface area contributed by atoms with Crippen LogP contribution in [0, 0.1) is 5.92 Å². The predicted molar refractivity (Wildman–Crippen MR) is 130 cm³/mol. The maximum atomic E-state index is 13.1. The van der Waals surface area contributed by atoms with Crippen molar-refractivity contribution in [1.82, 2.24) is 10.2 Å². The van der Waals surface area contributed by atoms with E-state index in [2.05, 4.69) is 17.4 Å². The molecule has 1 aliphatic carbocycles. The van der Waals surface area contributed by atoms with Crippen molar-refractivity contribution in [3.8, 4) is 11.1 Å². The van der Waals surface area contributed by atoms with Gasteiger partial charge in [-0.25, -0.2) is 4.79 Å². The molecule has 2 aliphatic rings. The van der Waals surface area contributed by atoms with Crippen molar-refractivity contribution >= 4 is 18.0 Å². The van der Waals surface area contributed by atoms with Gasteiger partial charge in [-0.05, 0) is 54.4 Å². The highest BCUT2D eigenvalue weighted by Gasteiger charge is 2.32. The molecule has 1 unspecified atom stereocenters. The molecule has 8 nitrogen and oxygen atoms in total. The molecule has 2 atom stereocenters. The number of nitrogens with one attached hydrogen (secondary N) is 1. The van der Waals surface area contributed by atoms with Crippen molar-refractivity contribution in [3.63, 3.8) is 0 Å². The molecule has 35 heavy (non-hydrogen) atoms. The number of aliphatic hydroxyl groups excluding tert-OH is 1. The van der Waals surface area contributed by atoms with Crippen molar-refractivity contribution in [1.29, 1.82) is 0 Å². The minimum atomic E-state index is -1.04. The van der Waals surface area contributed by atoms with Gasteiger partial charge in [0.2, 0.25) is 5.91 Å².